The minimum Gasteiger partial charge on any atom is -0.437 e. The molecular weight excluding hydrogens is 612 g/mol. The number of thiophene rings is 1. The molecule has 2 fully saturated rings. The summed E-state index contributed by atoms with van der Waals surface area (Å²) >= 11 is 1.38. The van der Waals surface area contributed by atoms with Gasteiger partial charge in [0.15, 0.2) is 11.7 Å². The fraction of sp³-hybridized carbons (Fsp3) is 0.211. The lowest BCUT2D eigenvalue weighted by atomic mass is 9.96. The second kappa shape index (κ2) is 12.6. The first kappa shape index (κ1) is 29.9. The van der Waals surface area contributed by atoms with E-state index < -0.39 is 29.7 Å². The van der Waals surface area contributed by atoms with Gasteiger partial charge in [-0.1, -0.05) is 109 Å². The molecule has 1 saturated heterocycles. The molecule has 5 atom stereocenters. The molecule has 2 aromatic heterocycles. The molecule has 2 aliphatic rings. The number of aliphatic hydroxyl groups is 1. The zero-order chi connectivity index (χ0) is 31.7. The van der Waals surface area contributed by atoms with E-state index in [9.17, 15) is 5.11 Å². The van der Waals surface area contributed by atoms with Gasteiger partial charge in [-0.2, -0.15) is 0 Å². The monoisotopic (exact) mass is 644 g/mol. The molecule has 9 heteroatoms. The first-order valence-corrected chi connectivity index (χ1v) is 16.4. The second-order valence-electron chi connectivity index (χ2n) is 11.7. The van der Waals surface area contributed by atoms with Gasteiger partial charge in [0.05, 0.1) is 30.9 Å². The third-order valence-corrected chi connectivity index (χ3v) is 9.61. The zero-order valence-electron chi connectivity index (χ0n) is 25.3. The normalized spacial score (nSPS) is 24.7. The first-order valence-electron chi connectivity index (χ1n) is 15.5. The van der Waals surface area contributed by atoms with Crippen molar-refractivity contribution in [2.24, 2.45) is 0 Å². The van der Waals surface area contributed by atoms with Gasteiger partial charge in [0.25, 0.3) is 0 Å². The van der Waals surface area contributed by atoms with E-state index in [-0.39, 0.29) is 13.2 Å². The number of benzene rings is 4. The van der Waals surface area contributed by atoms with Crippen LogP contribution in [0.1, 0.15) is 22.3 Å². The lowest BCUT2D eigenvalue weighted by Crippen LogP contribution is -2.50. The summed E-state index contributed by atoms with van der Waals surface area (Å²) in [5.41, 5.74) is 2.86. The van der Waals surface area contributed by atoms with Crippen LogP contribution in [0.3, 0.4) is 0 Å². The van der Waals surface area contributed by atoms with Crippen molar-refractivity contribution in [3.05, 3.63) is 155 Å². The van der Waals surface area contributed by atoms with E-state index in [0.717, 1.165) is 16.7 Å². The van der Waals surface area contributed by atoms with Crippen LogP contribution >= 0.6 is 11.3 Å². The lowest BCUT2D eigenvalue weighted by molar-refractivity contribution is -0.278. The lowest BCUT2D eigenvalue weighted by Gasteiger charge is -2.35. The number of hydrogen-bond acceptors (Lipinski definition) is 9. The van der Waals surface area contributed by atoms with Crippen LogP contribution in [0.4, 0.5) is 0 Å². The minimum absolute atomic E-state index is 0.227. The van der Waals surface area contributed by atoms with Gasteiger partial charge in [0, 0.05) is 5.38 Å². The molecule has 8 nitrogen and oxygen atoms in total. The molecule has 0 radical (unpaired) electrons. The summed E-state index contributed by atoms with van der Waals surface area (Å²) < 4.78 is 33.4. The Kier molecular flexibility index (Phi) is 8.02. The summed E-state index contributed by atoms with van der Waals surface area (Å²) in [5, 5.41) is 14.5. The average Bonchev–Trinajstić information content (AvgIpc) is 3.37. The largest absolute Gasteiger partial charge is 0.437 e. The van der Waals surface area contributed by atoms with Crippen LogP contribution in [0.2, 0.25) is 0 Å². The topological polar surface area (TPSA) is 92.2 Å². The summed E-state index contributed by atoms with van der Waals surface area (Å²) in [7, 11) is 0. The van der Waals surface area contributed by atoms with E-state index in [0.29, 0.717) is 34.0 Å². The van der Waals surface area contributed by atoms with Crippen molar-refractivity contribution < 1.29 is 28.8 Å². The molecule has 0 spiro atoms. The highest BCUT2D eigenvalue weighted by Gasteiger charge is 2.84. The molecule has 236 valence electrons. The Morgan fingerprint density at radius 1 is 0.702 bits per heavy atom. The quantitative estimate of drug-likeness (QED) is 0.150. The number of ether oxygens (including phenoxy) is 5. The van der Waals surface area contributed by atoms with E-state index in [1.54, 1.807) is 0 Å². The summed E-state index contributed by atoms with van der Waals surface area (Å²) in [6.07, 6.45) is -0.610. The van der Waals surface area contributed by atoms with E-state index in [1.165, 1.54) is 17.7 Å². The Morgan fingerprint density at radius 2 is 1.28 bits per heavy atom. The Balaban J connectivity index is 1.17. The van der Waals surface area contributed by atoms with Crippen LogP contribution in [0, 0.1) is 0 Å². The zero-order valence-corrected chi connectivity index (χ0v) is 26.2. The number of nitrogens with zero attached hydrogens (tertiary/aromatic N) is 2. The fourth-order valence-electron chi connectivity index (χ4n) is 6.29. The van der Waals surface area contributed by atoms with E-state index in [1.807, 2.05) is 127 Å². The Bertz CT molecular complexity index is 1940. The molecule has 3 heterocycles. The molecule has 47 heavy (non-hydrogen) atoms. The van der Waals surface area contributed by atoms with Crippen molar-refractivity contribution in [1.29, 1.82) is 0 Å². The molecule has 1 aliphatic heterocycles. The number of rotatable bonds is 12. The highest BCUT2D eigenvalue weighted by Crippen LogP contribution is 2.63. The smallest absolute Gasteiger partial charge is 0.240 e. The van der Waals surface area contributed by atoms with Gasteiger partial charge in [0.2, 0.25) is 11.7 Å². The molecular formula is C38H32N2O6S. The van der Waals surface area contributed by atoms with Gasteiger partial charge >= 0.3 is 0 Å². The van der Waals surface area contributed by atoms with Crippen molar-refractivity contribution in [1.82, 2.24) is 9.97 Å². The standard InChI is InChI=1S/C38H32N2O6S/c41-38(30-24-47-32-31(30)39-25-40-35(32)45-29-19-11-4-12-20-29)36(43-22-27-15-7-2-8-16-27)37(44-23-28-17-9-3-10-18-28)33(34(37)46-38)42-21-26-13-5-1-6-14-26/h1-20,24-25,33-34,36,41H,21-23H2/t33?,34-,36-,37-,38?/m1/s1. The van der Waals surface area contributed by atoms with E-state index in [2.05, 4.69) is 9.97 Å². The molecule has 0 amide bonds. The SMILES string of the molecule is OC1(c2csc3c(Oc4ccccc4)ncnc23)O[C@@H]2C(OCc3ccccc3)[C@]2(OCc2ccccc2)[C@H]1OCc1ccccc1. The second-order valence-corrected chi connectivity index (χ2v) is 12.6. The van der Waals surface area contributed by atoms with Crippen molar-refractivity contribution in [2.75, 3.05) is 0 Å². The fourth-order valence-corrected chi connectivity index (χ4v) is 7.28. The molecule has 2 unspecified atom stereocenters. The molecule has 4 aromatic carbocycles. The Hall–Kier alpha value is -4.48. The first-order chi connectivity index (χ1) is 23.1. The molecule has 8 rings (SSSR count). The van der Waals surface area contributed by atoms with Crippen molar-refractivity contribution in [3.8, 4) is 11.6 Å². The number of fused-ring (bicyclic) bond motifs is 2. The van der Waals surface area contributed by atoms with Crippen molar-refractivity contribution >= 4 is 21.6 Å². The number of aromatic nitrogens is 2. The van der Waals surface area contributed by atoms with E-state index >= 15 is 0 Å². The van der Waals surface area contributed by atoms with Crippen LogP contribution < -0.4 is 4.74 Å². The predicted molar refractivity (Wildman–Crippen MR) is 177 cm³/mol. The Labute approximate surface area is 276 Å². The highest BCUT2D eigenvalue weighted by atomic mass is 32.1. The summed E-state index contributed by atoms with van der Waals surface area (Å²) in [5.74, 6) is -0.861. The third kappa shape index (κ3) is 5.61. The van der Waals surface area contributed by atoms with Crippen LogP contribution in [0.25, 0.3) is 10.2 Å². The van der Waals surface area contributed by atoms with Gasteiger partial charge in [0.1, 0.15) is 29.0 Å². The molecule has 1 saturated carbocycles. The third-order valence-electron chi connectivity index (χ3n) is 8.66. The summed E-state index contributed by atoms with van der Waals surface area (Å²) in [4.78, 5) is 8.99. The maximum absolute atomic E-state index is 12.7. The van der Waals surface area contributed by atoms with Gasteiger partial charge in [-0.15, -0.1) is 11.3 Å². The van der Waals surface area contributed by atoms with Crippen molar-refractivity contribution in [2.45, 2.75) is 49.5 Å². The minimum atomic E-state index is -1.90. The van der Waals surface area contributed by atoms with Gasteiger partial charge < -0.3 is 28.8 Å². The van der Waals surface area contributed by atoms with Gasteiger partial charge in [-0.3, -0.25) is 0 Å². The molecule has 1 aliphatic carbocycles. The van der Waals surface area contributed by atoms with Crippen LogP contribution in [0.15, 0.2) is 133 Å². The van der Waals surface area contributed by atoms with Crippen LogP contribution in [0.5, 0.6) is 11.6 Å². The maximum atomic E-state index is 12.7. The average molecular weight is 645 g/mol. The Morgan fingerprint density at radius 3 is 1.91 bits per heavy atom. The van der Waals surface area contributed by atoms with Gasteiger partial charge in [-0.25, -0.2) is 9.97 Å². The predicted octanol–water partition coefficient (Wildman–Crippen LogP) is 7.17. The summed E-state index contributed by atoms with van der Waals surface area (Å²) in [6.45, 7) is 0.875. The highest BCUT2D eigenvalue weighted by molar-refractivity contribution is 7.17. The molecule has 6 aromatic rings. The maximum Gasteiger partial charge on any atom is 0.240 e. The van der Waals surface area contributed by atoms with Crippen LogP contribution in [-0.4, -0.2) is 39.0 Å². The molecule has 1 N–H and O–H groups in total. The summed E-state index contributed by atoms with van der Waals surface area (Å²) in [6, 6.07) is 39.2. The van der Waals surface area contributed by atoms with E-state index in [4.69, 9.17) is 23.7 Å². The van der Waals surface area contributed by atoms with Crippen molar-refractivity contribution in [3.63, 3.8) is 0 Å². The number of para-hydroxylation sites is 1. The molecule has 0 bridgehead atoms. The number of hydrogen-bond donors (Lipinski definition) is 1. The van der Waals surface area contributed by atoms with Crippen LogP contribution in [-0.2, 0) is 44.6 Å². The van der Waals surface area contributed by atoms with Gasteiger partial charge in [-0.05, 0) is 28.8 Å².